The molecule has 2 aromatic heterocycles. The van der Waals surface area contributed by atoms with Gasteiger partial charge in [0.25, 0.3) is 0 Å². The fraction of sp³-hybridized carbons (Fsp3) is 0.647. The highest BCUT2D eigenvalue weighted by atomic mass is 32.2. The molecule has 3 heterocycles. The third kappa shape index (κ3) is 3.25. The lowest BCUT2D eigenvalue weighted by molar-refractivity contribution is 0.389. The minimum absolute atomic E-state index is 0.215. The van der Waals surface area contributed by atoms with Gasteiger partial charge in [0.2, 0.25) is 10.0 Å². The summed E-state index contributed by atoms with van der Waals surface area (Å²) in [5.74, 6) is 1.66. The molecule has 1 saturated heterocycles. The number of hydrogen-bond donors (Lipinski definition) is 0. The molecule has 7 nitrogen and oxygen atoms in total. The van der Waals surface area contributed by atoms with E-state index in [9.17, 15) is 8.42 Å². The Bertz CT molecular complexity index is 847. The van der Waals surface area contributed by atoms with Crippen LogP contribution in [0.4, 0.5) is 0 Å². The van der Waals surface area contributed by atoms with Crippen LogP contribution < -0.4 is 0 Å². The van der Waals surface area contributed by atoms with Crippen molar-refractivity contribution in [2.75, 3.05) is 13.1 Å². The topological polar surface area (TPSA) is 81.2 Å². The maximum atomic E-state index is 12.9. The van der Waals surface area contributed by atoms with Gasteiger partial charge in [-0.05, 0) is 47.0 Å². The van der Waals surface area contributed by atoms with E-state index < -0.39 is 10.0 Å². The van der Waals surface area contributed by atoms with Gasteiger partial charge in [0.1, 0.15) is 16.4 Å². The monoisotopic (exact) mass is 366 g/mol. The van der Waals surface area contributed by atoms with E-state index >= 15 is 0 Å². The molecule has 2 aromatic rings. The van der Waals surface area contributed by atoms with E-state index in [0.29, 0.717) is 30.6 Å². The highest BCUT2D eigenvalue weighted by molar-refractivity contribution is 7.89. The highest BCUT2D eigenvalue weighted by Gasteiger charge is 2.36. The molecule has 0 aromatic carbocycles. The summed E-state index contributed by atoms with van der Waals surface area (Å²) in [7, 11) is -3.55. The largest absolute Gasteiger partial charge is 0.360 e. The lowest BCUT2D eigenvalue weighted by atomic mass is 10.0. The van der Waals surface area contributed by atoms with Gasteiger partial charge in [-0.3, -0.25) is 0 Å². The molecule has 138 valence electrons. The average Bonchev–Trinajstić information content (AvgIpc) is 3.20. The van der Waals surface area contributed by atoms with Crippen LogP contribution in [0.3, 0.4) is 0 Å². The van der Waals surface area contributed by atoms with Crippen LogP contribution in [-0.2, 0) is 16.4 Å². The normalized spacial score (nSPS) is 19.2. The van der Waals surface area contributed by atoms with Crippen molar-refractivity contribution in [3.8, 4) is 0 Å². The second kappa shape index (κ2) is 6.57. The molecule has 0 saturated carbocycles. The Balaban J connectivity index is 1.77. The molecule has 3 rings (SSSR count). The molecule has 25 heavy (non-hydrogen) atoms. The van der Waals surface area contributed by atoms with Crippen molar-refractivity contribution >= 4 is 10.0 Å². The Morgan fingerprint density at radius 3 is 2.64 bits per heavy atom. The predicted molar refractivity (Wildman–Crippen MR) is 93.9 cm³/mol. The van der Waals surface area contributed by atoms with Gasteiger partial charge in [-0.25, -0.2) is 13.4 Å². The van der Waals surface area contributed by atoms with E-state index in [2.05, 4.69) is 35.5 Å². The molecule has 0 amide bonds. The number of rotatable bonds is 5. The standard InChI is InChI=1S/C17H26N4O3S/c1-11(2)21-12(3)9-18-16(21)8-15-6-7-20(10-15)25(22,23)17-13(4)19-24-14(17)5/h9,11,15H,6-8,10H2,1-5H3. The molecular weight excluding hydrogens is 340 g/mol. The predicted octanol–water partition coefficient (Wildman–Crippen LogP) is 2.63. The molecule has 1 atom stereocenters. The minimum Gasteiger partial charge on any atom is -0.360 e. The third-order valence-corrected chi connectivity index (χ3v) is 6.97. The number of hydrogen-bond acceptors (Lipinski definition) is 5. The van der Waals surface area contributed by atoms with Gasteiger partial charge < -0.3 is 9.09 Å². The van der Waals surface area contributed by atoms with Crippen molar-refractivity contribution in [1.82, 2.24) is 19.0 Å². The zero-order chi connectivity index (χ0) is 18.4. The lowest BCUT2D eigenvalue weighted by Crippen LogP contribution is -2.30. The fourth-order valence-electron chi connectivity index (χ4n) is 3.76. The second-order valence-electron chi connectivity index (χ2n) is 7.15. The first-order valence-corrected chi connectivity index (χ1v) is 10.1. The number of imidazole rings is 1. The lowest BCUT2D eigenvalue weighted by Gasteiger charge is -2.18. The van der Waals surface area contributed by atoms with Crippen molar-refractivity contribution < 1.29 is 12.9 Å². The van der Waals surface area contributed by atoms with Crippen molar-refractivity contribution in [1.29, 1.82) is 0 Å². The molecule has 0 N–H and O–H groups in total. The van der Waals surface area contributed by atoms with Crippen molar-refractivity contribution in [3.63, 3.8) is 0 Å². The Hall–Kier alpha value is -1.67. The van der Waals surface area contributed by atoms with Crippen molar-refractivity contribution in [3.05, 3.63) is 29.2 Å². The summed E-state index contributed by atoms with van der Waals surface area (Å²) < 4.78 is 34.7. The van der Waals surface area contributed by atoms with Crippen LogP contribution in [0.2, 0.25) is 0 Å². The Labute approximate surface area is 149 Å². The van der Waals surface area contributed by atoms with Gasteiger partial charge in [-0.15, -0.1) is 0 Å². The molecule has 1 fully saturated rings. The van der Waals surface area contributed by atoms with Gasteiger partial charge in [-0.2, -0.15) is 4.31 Å². The highest BCUT2D eigenvalue weighted by Crippen LogP contribution is 2.30. The molecule has 8 heteroatoms. The van der Waals surface area contributed by atoms with Crippen LogP contribution in [-0.4, -0.2) is 40.5 Å². The van der Waals surface area contributed by atoms with Gasteiger partial charge in [-0.1, -0.05) is 5.16 Å². The minimum atomic E-state index is -3.55. The zero-order valence-corrected chi connectivity index (χ0v) is 16.3. The number of aryl methyl sites for hydroxylation is 3. The first-order chi connectivity index (χ1) is 11.7. The smallest absolute Gasteiger partial charge is 0.248 e. The summed E-state index contributed by atoms with van der Waals surface area (Å²) in [4.78, 5) is 4.75. The Morgan fingerprint density at radius 1 is 1.32 bits per heavy atom. The van der Waals surface area contributed by atoms with E-state index in [1.54, 1.807) is 18.2 Å². The van der Waals surface area contributed by atoms with Gasteiger partial charge in [0, 0.05) is 37.4 Å². The SMILES string of the molecule is Cc1noc(C)c1S(=O)(=O)N1CCC(Cc2ncc(C)n2C(C)C)C1. The molecule has 0 spiro atoms. The van der Waals surface area contributed by atoms with Crippen LogP contribution in [0.25, 0.3) is 0 Å². The number of sulfonamides is 1. The molecule has 0 aliphatic carbocycles. The molecule has 0 radical (unpaired) electrons. The molecule has 0 bridgehead atoms. The number of nitrogens with zero attached hydrogens (tertiary/aromatic N) is 4. The fourth-order valence-corrected chi connectivity index (χ4v) is 5.59. The van der Waals surface area contributed by atoms with Crippen LogP contribution in [0, 0.1) is 26.7 Å². The van der Waals surface area contributed by atoms with Crippen LogP contribution >= 0.6 is 0 Å². The van der Waals surface area contributed by atoms with E-state index in [4.69, 9.17) is 4.52 Å². The summed E-state index contributed by atoms with van der Waals surface area (Å²) in [5, 5.41) is 3.78. The molecule has 1 aliphatic rings. The quantitative estimate of drug-likeness (QED) is 0.812. The first kappa shape index (κ1) is 18.1. The molecule has 1 aliphatic heterocycles. The molecular formula is C17H26N4O3S. The van der Waals surface area contributed by atoms with Crippen molar-refractivity contribution in [2.45, 2.75) is 58.4 Å². The van der Waals surface area contributed by atoms with Gasteiger partial charge >= 0.3 is 0 Å². The summed E-state index contributed by atoms with van der Waals surface area (Å²) in [6.07, 6.45) is 3.52. The van der Waals surface area contributed by atoms with Gasteiger partial charge in [0.15, 0.2) is 5.76 Å². The maximum Gasteiger partial charge on any atom is 0.248 e. The van der Waals surface area contributed by atoms with E-state index in [-0.39, 0.29) is 10.8 Å². The van der Waals surface area contributed by atoms with Crippen LogP contribution in [0.15, 0.2) is 15.6 Å². The van der Waals surface area contributed by atoms with Crippen molar-refractivity contribution in [2.24, 2.45) is 5.92 Å². The Morgan fingerprint density at radius 2 is 2.04 bits per heavy atom. The maximum absolute atomic E-state index is 12.9. The number of aromatic nitrogens is 3. The van der Waals surface area contributed by atoms with Crippen LogP contribution in [0.5, 0.6) is 0 Å². The summed E-state index contributed by atoms with van der Waals surface area (Å²) in [6, 6.07) is 0.348. The van der Waals surface area contributed by atoms with E-state index in [1.807, 2.05) is 6.20 Å². The zero-order valence-electron chi connectivity index (χ0n) is 15.5. The summed E-state index contributed by atoms with van der Waals surface area (Å²) >= 11 is 0. The third-order valence-electron chi connectivity index (χ3n) is 4.86. The first-order valence-electron chi connectivity index (χ1n) is 8.67. The summed E-state index contributed by atoms with van der Waals surface area (Å²) in [6.45, 7) is 10.7. The second-order valence-corrected chi connectivity index (χ2v) is 9.03. The molecule has 1 unspecified atom stereocenters. The van der Waals surface area contributed by atoms with Gasteiger partial charge in [0.05, 0.1) is 0 Å². The van der Waals surface area contributed by atoms with E-state index in [1.165, 1.54) is 0 Å². The summed E-state index contributed by atoms with van der Waals surface area (Å²) in [5.41, 5.74) is 1.56. The van der Waals surface area contributed by atoms with Crippen LogP contribution in [0.1, 0.15) is 49.3 Å². The average molecular weight is 366 g/mol. The Kier molecular flexibility index (Phi) is 4.76. The van der Waals surface area contributed by atoms with E-state index in [0.717, 1.165) is 24.4 Å².